The van der Waals surface area contributed by atoms with Gasteiger partial charge in [0.15, 0.2) is 11.3 Å². The molecule has 1 heterocycles. The van der Waals surface area contributed by atoms with Crippen LogP contribution >= 0.6 is 20.6 Å². The number of anilines is 1. The van der Waals surface area contributed by atoms with E-state index in [2.05, 4.69) is 140 Å². The maximum Gasteiger partial charge on any atom is 0.172 e. The summed E-state index contributed by atoms with van der Waals surface area (Å²) in [5.74, 6) is 0.0526. The lowest BCUT2D eigenvalue weighted by atomic mass is 9.75. The van der Waals surface area contributed by atoms with Crippen LogP contribution in [0.25, 0.3) is 6.08 Å². The van der Waals surface area contributed by atoms with Gasteiger partial charge in [0.05, 0.1) is 13.2 Å². The Hall–Kier alpha value is -3.65. The van der Waals surface area contributed by atoms with Gasteiger partial charge in [-0.1, -0.05) is 104 Å². The predicted octanol–water partition coefficient (Wildman–Crippen LogP) is 11.3. The van der Waals surface area contributed by atoms with Crippen molar-refractivity contribution in [2.75, 3.05) is 56.2 Å². The van der Waals surface area contributed by atoms with Gasteiger partial charge >= 0.3 is 0 Å². The van der Waals surface area contributed by atoms with Crippen LogP contribution in [0.1, 0.15) is 87.6 Å². The van der Waals surface area contributed by atoms with E-state index in [1.807, 2.05) is 38.1 Å². The van der Waals surface area contributed by atoms with Crippen LogP contribution in [0.5, 0.6) is 0 Å². The molecule has 0 bridgehead atoms. The molecule has 0 unspecified atom stereocenters. The molecule has 3 rings (SSSR count). The molecule has 1 aromatic carbocycles. The summed E-state index contributed by atoms with van der Waals surface area (Å²) in [7, 11) is -2.43. The third-order valence-electron chi connectivity index (χ3n) is 10.5. The minimum Gasteiger partial charge on any atom is -0.480 e. The van der Waals surface area contributed by atoms with Crippen molar-refractivity contribution in [2.45, 2.75) is 97.2 Å². The third-order valence-corrected chi connectivity index (χ3v) is 18.0. The summed E-state index contributed by atoms with van der Waals surface area (Å²) in [5.41, 5.74) is 4.64. The Morgan fingerprint density at radius 3 is 1.83 bits per heavy atom. The summed E-state index contributed by atoms with van der Waals surface area (Å²) in [4.78, 5) is 2.39. The lowest BCUT2D eigenvalue weighted by Crippen LogP contribution is -2.34. The monoisotopic (exact) mass is 772 g/mol. The lowest BCUT2D eigenvalue weighted by Gasteiger charge is -2.45. The van der Waals surface area contributed by atoms with E-state index >= 15 is 0 Å². The van der Waals surface area contributed by atoms with Crippen molar-refractivity contribution in [3.05, 3.63) is 93.8 Å². The van der Waals surface area contributed by atoms with E-state index in [9.17, 15) is 15.8 Å². The molecule has 2 aliphatic rings. The minimum absolute atomic E-state index is 0.0526. The number of hydrogen-bond acceptors (Lipinski definition) is 7. The maximum absolute atomic E-state index is 9.88. The zero-order valence-corrected chi connectivity index (χ0v) is 37.0. The zero-order chi connectivity index (χ0) is 40.8. The van der Waals surface area contributed by atoms with Crippen LogP contribution in [0.3, 0.4) is 0 Å². The van der Waals surface area contributed by atoms with Gasteiger partial charge in [-0.05, 0) is 86.0 Å². The smallest absolute Gasteiger partial charge is 0.172 e. The molecule has 1 aliphatic heterocycles. The SMILES string of the molecule is CC1(C)CC(/C=C/c2ccc(N(CCOS(C)(C)C(C)(C)C)CCOS(C)(C)C(C)(C)C)cc2)=CC(=C/C=C/C2=C(C#N)C(=C(C#N)C#N)OC2(C)C)/C1. The summed E-state index contributed by atoms with van der Waals surface area (Å²) in [6.07, 6.45) is 23.4. The van der Waals surface area contributed by atoms with E-state index in [1.165, 1.54) is 11.1 Å². The lowest BCUT2D eigenvalue weighted by molar-refractivity contribution is 0.0954. The molecule has 0 atom stereocenters. The van der Waals surface area contributed by atoms with Gasteiger partial charge in [-0.25, -0.2) is 0 Å². The Labute approximate surface area is 330 Å². The number of rotatable bonds is 13. The molecular weight excluding hydrogens is 709 g/mol. The summed E-state index contributed by atoms with van der Waals surface area (Å²) >= 11 is 0. The fraction of sp³-hybridized carbons (Fsp3) is 0.533. The van der Waals surface area contributed by atoms with Crippen LogP contribution in [0.2, 0.25) is 0 Å². The van der Waals surface area contributed by atoms with Gasteiger partial charge in [0, 0.05) is 33.8 Å². The third kappa shape index (κ3) is 11.7. The van der Waals surface area contributed by atoms with Crippen LogP contribution in [-0.2, 0) is 13.1 Å². The molecule has 0 saturated carbocycles. The molecule has 0 saturated heterocycles. The highest BCUT2D eigenvalue weighted by Crippen LogP contribution is 2.54. The standard InChI is InChI=1S/C45H64N4O3S2/c1-42(2,3)53(11,12)50-26-24-49(25-27-51-54(13,14)43(4,5)6)38-22-20-34(21-23-38)18-19-36-28-35(29-44(7,8)30-36)16-15-17-40-39(33-48)41(37(31-46)32-47)52-45(40,9)10/h15-23,28H,24-27,29-30H2,1-14H3/b17-15+,19-18+,35-16-. The number of allylic oxidation sites excluding steroid dienone is 8. The number of nitriles is 3. The first-order chi connectivity index (χ1) is 24.9. The number of ether oxygens (including phenoxy) is 1. The first kappa shape index (κ1) is 44.7. The van der Waals surface area contributed by atoms with Crippen molar-refractivity contribution in [3.63, 3.8) is 0 Å². The normalized spacial score (nSPS) is 19.0. The Kier molecular flexibility index (Phi) is 14.4. The van der Waals surface area contributed by atoms with Crippen LogP contribution < -0.4 is 4.90 Å². The molecule has 0 fully saturated rings. The van der Waals surface area contributed by atoms with Gasteiger partial charge in [0.1, 0.15) is 29.4 Å². The highest BCUT2D eigenvalue weighted by Gasteiger charge is 2.38. The molecular formula is C45H64N4O3S2. The molecule has 1 aliphatic carbocycles. The van der Waals surface area contributed by atoms with Gasteiger partial charge in [-0.2, -0.15) is 15.8 Å². The average Bonchev–Trinajstić information content (AvgIpc) is 3.30. The summed E-state index contributed by atoms with van der Waals surface area (Å²) in [6.45, 7) is 24.7. The number of nitrogens with zero attached hydrogens (tertiary/aromatic N) is 4. The average molecular weight is 773 g/mol. The molecule has 294 valence electrons. The Morgan fingerprint density at radius 2 is 1.35 bits per heavy atom. The quantitative estimate of drug-likeness (QED) is 0.184. The molecule has 7 nitrogen and oxygen atoms in total. The Balaban J connectivity index is 1.82. The van der Waals surface area contributed by atoms with E-state index in [1.54, 1.807) is 0 Å². The second-order valence-electron chi connectivity index (χ2n) is 18.0. The van der Waals surface area contributed by atoms with Crippen LogP contribution in [0.4, 0.5) is 5.69 Å². The molecule has 0 N–H and O–H groups in total. The van der Waals surface area contributed by atoms with Crippen molar-refractivity contribution < 1.29 is 13.1 Å². The van der Waals surface area contributed by atoms with E-state index in [-0.39, 0.29) is 31.8 Å². The second kappa shape index (κ2) is 17.4. The van der Waals surface area contributed by atoms with Gasteiger partial charge in [0.2, 0.25) is 0 Å². The molecule has 9 heteroatoms. The Bertz CT molecular complexity index is 1790. The molecule has 0 spiro atoms. The van der Waals surface area contributed by atoms with Crippen LogP contribution in [0, 0.1) is 39.4 Å². The summed E-state index contributed by atoms with van der Waals surface area (Å²) < 4.78 is 19.2. The summed E-state index contributed by atoms with van der Waals surface area (Å²) in [5, 5.41) is 28.6. The highest BCUT2D eigenvalue weighted by atomic mass is 32.3. The number of benzene rings is 1. The van der Waals surface area contributed by atoms with Crippen molar-refractivity contribution >= 4 is 32.4 Å². The van der Waals surface area contributed by atoms with Gasteiger partial charge in [-0.15, -0.1) is 20.6 Å². The minimum atomic E-state index is -1.22. The van der Waals surface area contributed by atoms with Crippen molar-refractivity contribution in [1.29, 1.82) is 15.8 Å². The van der Waals surface area contributed by atoms with Crippen LogP contribution in [0.15, 0.2) is 88.3 Å². The van der Waals surface area contributed by atoms with Crippen LogP contribution in [-0.4, -0.2) is 66.4 Å². The van der Waals surface area contributed by atoms with Gasteiger partial charge in [0.25, 0.3) is 0 Å². The van der Waals surface area contributed by atoms with Gasteiger partial charge < -0.3 is 18.0 Å². The first-order valence-corrected chi connectivity index (χ1v) is 23.4. The van der Waals surface area contributed by atoms with E-state index in [0.717, 1.165) is 37.2 Å². The largest absolute Gasteiger partial charge is 0.480 e. The molecule has 54 heavy (non-hydrogen) atoms. The van der Waals surface area contributed by atoms with Crippen molar-refractivity contribution in [1.82, 2.24) is 0 Å². The fourth-order valence-corrected chi connectivity index (χ4v) is 7.60. The second-order valence-corrected chi connectivity index (χ2v) is 25.9. The van der Waals surface area contributed by atoms with E-state index < -0.39 is 26.2 Å². The molecule has 0 radical (unpaired) electrons. The summed E-state index contributed by atoms with van der Waals surface area (Å²) in [6, 6.07) is 14.6. The maximum atomic E-state index is 9.88. The molecule has 0 aromatic heterocycles. The zero-order valence-electron chi connectivity index (χ0n) is 35.3. The Morgan fingerprint density at radius 1 is 0.815 bits per heavy atom. The first-order valence-electron chi connectivity index (χ1n) is 18.6. The van der Waals surface area contributed by atoms with Crippen molar-refractivity contribution in [3.8, 4) is 18.2 Å². The van der Waals surface area contributed by atoms with E-state index in [0.29, 0.717) is 18.8 Å². The highest BCUT2D eigenvalue weighted by molar-refractivity contribution is 8.30. The molecule has 0 amide bonds. The van der Waals surface area contributed by atoms with Crippen molar-refractivity contribution in [2.24, 2.45) is 5.41 Å². The fourth-order valence-electron chi connectivity index (χ4n) is 5.91. The number of hydrogen-bond donors (Lipinski definition) is 0. The predicted molar refractivity (Wildman–Crippen MR) is 232 cm³/mol. The van der Waals surface area contributed by atoms with E-state index in [4.69, 9.17) is 13.1 Å². The topological polar surface area (TPSA) is 102 Å². The molecule has 1 aromatic rings. The van der Waals surface area contributed by atoms with Gasteiger partial charge in [-0.3, -0.25) is 0 Å².